The monoisotopic (exact) mass is 298 g/mol. The molecule has 0 saturated carbocycles. The molecule has 1 aliphatic rings. The molecule has 1 heterocycles. The fourth-order valence-electron chi connectivity index (χ4n) is 1.99. The Balaban J connectivity index is 2.44. The Kier molecular flexibility index (Phi) is 3.78. The van der Waals surface area contributed by atoms with Crippen molar-refractivity contribution in [3.63, 3.8) is 0 Å². The second kappa shape index (κ2) is 5.22. The number of benzene rings is 1. The van der Waals surface area contributed by atoms with Crippen LogP contribution in [0.4, 0.5) is 0 Å². The number of carboxylic acid groups (broad SMARTS) is 1. The number of hydrogen-bond donors (Lipinski definition) is 2. The number of carbonyl (C=O) groups is 2. The second-order valence-corrected chi connectivity index (χ2v) is 6.42. The Morgan fingerprint density at radius 2 is 2.15 bits per heavy atom. The van der Waals surface area contributed by atoms with Crippen LogP contribution in [0.5, 0.6) is 0 Å². The highest BCUT2D eigenvalue weighted by Gasteiger charge is 2.40. The number of aryl methyl sites for hydroxylation is 1. The predicted octanol–water partition coefficient (Wildman–Crippen LogP) is -0.431. The normalized spacial score (nSPS) is 20.4. The zero-order valence-electron chi connectivity index (χ0n) is 10.7. The molecule has 1 aromatic rings. The Labute approximate surface area is 116 Å². The predicted molar refractivity (Wildman–Crippen MR) is 69.5 cm³/mol. The summed E-state index contributed by atoms with van der Waals surface area (Å²) < 4.78 is 25.7. The van der Waals surface area contributed by atoms with E-state index in [0.717, 1.165) is 9.87 Å². The zero-order valence-corrected chi connectivity index (χ0v) is 11.6. The lowest BCUT2D eigenvalue weighted by Crippen LogP contribution is -2.59. The molecule has 1 unspecified atom stereocenters. The van der Waals surface area contributed by atoms with Gasteiger partial charge in [0, 0.05) is 6.54 Å². The van der Waals surface area contributed by atoms with Crippen LogP contribution in [-0.2, 0) is 19.6 Å². The summed E-state index contributed by atoms with van der Waals surface area (Å²) in [6, 6.07) is 4.84. The molecule has 1 aromatic carbocycles. The first-order valence-electron chi connectivity index (χ1n) is 5.90. The van der Waals surface area contributed by atoms with E-state index in [0.29, 0.717) is 0 Å². The number of piperazine rings is 1. The third-order valence-electron chi connectivity index (χ3n) is 3.02. The second-order valence-electron chi connectivity index (χ2n) is 4.52. The molecule has 0 radical (unpaired) electrons. The van der Waals surface area contributed by atoms with E-state index in [1.165, 1.54) is 12.1 Å². The maximum atomic E-state index is 12.5. The summed E-state index contributed by atoms with van der Waals surface area (Å²) in [6.45, 7) is 1.00. The number of sulfonamides is 1. The number of rotatable bonds is 3. The van der Waals surface area contributed by atoms with Crippen LogP contribution >= 0.6 is 0 Å². The van der Waals surface area contributed by atoms with Gasteiger partial charge < -0.3 is 10.4 Å². The molecule has 1 saturated heterocycles. The van der Waals surface area contributed by atoms with Crippen molar-refractivity contribution in [3.8, 4) is 0 Å². The molecule has 0 spiro atoms. The number of carboxylic acids is 1. The highest BCUT2D eigenvalue weighted by Crippen LogP contribution is 2.20. The van der Waals surface area contributed by atoms with E-state index >= 15 is 0 Å². The molecule has 0 aliphatic carbocycles. The van der Waals surface area contributed by atoms with E-state index in [1.54, 1.807) is 19.1 Å². The smallest absolute Gasteiger partial charge is 0.323 e. The van der Waals surface area contributed by atoms with Gasteiger partial charge in [-0.15, -0.1) is 0 Å². The quantitative estimate of drug-likeness (QED) is 0.788. The molecule has 108 valence electrons. The fourth-order valence-corrected chi connectivity index (χ4v) is 3.64. The first-order valence-corrected chi connectivity index (χ1v) is 7.34. The molecule has 0 bridgehead atoms. The van der Waals surface area contributed by atoms with Gasteiger partial charge in [-0.2, -0.15) is 4.31 Å². The van der Waals surface area contributed by atoms with Crippen LogP contribution in [0.25, 0.3) is 0 Å². The first kappa shape index (κ1) is 14.5. The molecule has 0 aromatic heterocycles. The molecular formula is C12H14N2O5S. The van der Waals surface area contributed by atoms with Crippen LogP contribution in [0, 0.1) is 6.92 Å². The molecular weight excluding hydrogens is 284 g/mol. The van der Waals surface area contributed by atoms with Crippen LogP contribution in [0.3, 0.4) is 0 Å². The fraction of sp³-hybridized carbons (Fsp3) is 0.333. The van der Waals surface area contributed by atoms with Gasteiger partial charge in [0.25, 0.3) is 0 Å². The Bertz CT molecular complexity index is 656. The van der Waals surface area contributed by atoms with E-state index < -0.39 is 34.5 Å². The average molecular weight is 298 g/mol. The summed E-state index contributed by atoms with van der Waals surface area (Å²) in [5.41, 5.74) is 0.736. The van der Waals surface area contributed by atoms with E-state index in [9.17, 15) is 18.0 Å². The van der Waals surface area contributed by atoms with Crippen molar-refractivity contribution >= 4 is 21.9 Å². The van der Waals surface area contributed by atoms with Gasteiger partial charge in [0.1, 0.15) is 6.04 Å². The summed E-state index contributed by atoms with van der Waals surface area (Å²) in [4.78, 5) is 22.5. The van der Waals surface area contributed by atoms with Gasteiger partial charge in [-0.05, 0) is 24.6 Å². The lowest BCUT2D eigenvalue weighted by atomic mass is 10.2. The SMILES string of the molecule is Cc1cccc(S(=O)(=O)N2CC(=O)NCC2C(=O)O)c1. The molecule has 20 heavy (non-hydrogen) atoms. The van der Waals surface area contributed by atoms with Crippen LogP contribution < -0.4 is 5.32 Å². The summed E-state index contributed by atoms with van der Waals surface area (Å²) in [6.07, 6.45) is 0. The standard InChI is InChI=1S/C12H14N2O5S/c1-8-3-2-4-9(5-8)20(18,19)14-7-11(15)13-6-10(14)12(16)17/h2-5,10H,6-7H2,1H3,(H,13,15)(H,16,17). The third kappa shape index (κ3) is 2.66. The van der Waals surface area contributed by atoms with Crippen molar-refractivity contribution in [2.75, 3.05) is 13.1 Å². The number of nitrogens with one attached hydrogen (secondary N) is 1. The third-order valence-corrected chi connectivity index (χ3v) is 4.87. The van der Waals surface area contributed by atoms with Crippen molar-refractivity contribution in [1.29, 1.82) is 0 Å². The minimum absolute atomic E-state index is 0.0153. The van der Waals surface area contributed by atoms with Gasteiger partial charge in [0.05, 0.1) is 11.4 Å². The van der Waals surface area contributed by atoms with Gasteiger partial charge in [0.2, 0.25) is 15.9 Å². The minimum atomic E-state index is -4.02. The van der Waals surface area contributed by atoms with Crippen LogP contribution in [0.1, 0.15) is 5.56 Å². The van der Waals surface area contributed by atoms with Crippen molar-refractivity contribution in [1.82, 2.24) is 9.62 Å². The largest absolute Gasteiger partial charge is 0.480 e. The lowest BCUT2D eigenvalue weighted by Gasteiger charge is -2.31. The zero-order chi connectivity index (χ0) is 14.9. The number of carbonyl (C=O) groups excluding carboxylic acids is 1. The van der Waals surface area contributed by atoms with Crippen molar-refractivity contribution in [2.24, 2.45) is 0 Å². The highest BCUT2D eigenvalue weighted by molar-refractivity contribution is 7.89. The van der Waals surface area contributed by atoms with Gasteiger partial charge in [-0.1, -0.05) is 12.1 Å². The van der Waals surface area contributed by atoms with Crippen LogP contribution in [0.15, 0.2) is 29.2 Å². The number of amides is 1. The number of aliphatic carboxylic acids is 1. The molecule has 1 atom stereocenters. The molecule has 2 rings (SSSR count). The Morgan fingerprint density at radius 1 is 1.45 bits per heavy atom. The van der Waals surface area contributed by atoms with Crippen molar-refractivity contribution < 1.29 is 23.1 Å². The summed E-state index contributed by atoms with van der Waals surface area (Å²) in [7, 11) is -4.02. The minimum Gasteiger partial charge on any atom is -0.480 e. The number of nitrogens with zero attached hydrogens (tertiary/aromatic N) is 1. The summed E-state index contributed by atoms with van der Waals surface area (Å²) in [5, 5.41) is 11.5. The maximum absolute atomic E-state index is 12.5. The molecule has 8 heteroatoms. The van der Waals surface area contributed by atoms with E-state index in [2.05, 4.69) is 5.32 Å². The van der Waals surface area contributed by atoms with Gasteiger partial charge >= 0.3 is 5.97 Å². The highest BCUT2D eigenvalue weighted by atomic mass is 32.2. The van der Waals surface area contributed by atoms with E-state index in [4.69, 9.17) is 5.11 Å². The maximum Gasteiger partial charge on any atom is 0.323 e. The van der Waals surface area contributed by atoms with Crippen molar-refractivity contribution in [2.45, 2.75) is 17.9 Å². The van der Waals surface area contributed by atoms with Gasteiger partial charge in [-0.25, -0.2) is 8.42 Å². The lowest BCUT2D eigenvalue weighted by molar-refractivity contribution is -0.143. The van der Waals surface area contributed by atoms with Gasteiger partial charge in [0.15, 0.2) is 0 Å². The Hall–Kier alpha value is -1.93. The average Bonchev–Trinajstić information content (AvgIpc) is 2.38. The Morgan fingerprint density at radius 3 is 2.75 bits per heavy atom. The summed E-state index contributed by atoms with van der Waals surface area (Å²) >= 11 is 0. The topological polar surface area (TPSA) is 104 Å². The molecule has 1 fully saturated rings. The molecule has 1 aliphatic heterocycles. The van der Waals surface area contributed by atoms with E-state index in [1.807, 2.05) is 0 Å². The van der Waals surface area contributed by atoms with Crippen LogP contribution in [-0.4, -0.2) is 48.8 Å². The molecule has 2 N–H and O–H groups in total. The van der Waals surface area contributed by atoms with Crippen molar-refractivity contribution in [3.05, 3.63) is 29.8 Å². The summed E-state index contributed by atoms with van der Waals surface area (Å²) in [5.74, 6) is -1.81. The number of hydrogen-bond acceptors (Lipinski definition) is 4. The van der Waals surface area contributed by atoms with Gasteiger partial charge in [-0.3, -0.25) is 9.59 Å². The molecule has 7 nitrogen and oxygen atoms in total. The van der Waals surface area contributed by atoms with Crippen LogP contribution in [0.2, 0.25) is 0 Å². The van der Waals surface area contributed by atoms with E-state index in [-0.39, 0.29) is 11.4 Å². The molecule has 1 amide bonds. The first-order chi connectivity index (χ1) is 9.32.